The number of carboxylic acids is 1. The van der Waals surface area contributed by atoms with Crippen molar-refractivity contribution in [2.75, 3.05) is 12.4 Å². The molecule has 0 saturated carbocycles. The molecule has 0 amide bonds. The van der Waals surface area contributed by atoms with Gasteiger partial charge in [-0.15, -0.1) is 11.3 Å². The number of carboxylic acid groups (broad SMARTS) is 1. The highest BCUT2D eigenvalue weighted by Gasteiger charge is 2.46. The Kier molecular flexibility index (Phi) is 8.05. The van der Waals surface area contributed by atoms with Crippen LogP contribution < -0.4 is 5.14 Å². The lowest BCUT2D eigenvalue weighted by atomic mass is 10.1. The maximum absolute atomic E-state index is 14.7. The summed E-state index contributed by atoms with van der Waals surface area (Å²) < 4.78 is 45.2. The van der Waals surface area contributed by atoms with Gasteiger partial charge in [-0.2, -0.15) is 8.78 Å². The molecule has 2 rings (SSSR count). The second-order valence-electron chi connectivity index (χ2n) is 5.32. The van der Waals surface area contributed by atoms with Gasteiger partial charge in [-0.3, -0.25) is 5.14 Å². The number of aromatic carboxylic acids is 1. The van der Waals surface area contributed by atoms with Crippen LogP contribution in [0.15, 0.2) is 16.6 Å². The van der Waals surface area contributed by atoms with Crippen LogP contribution in [0.1, 0.15) is 34.1 Å². The van der Waals surface area contributed by atoms with E-state index in [4.69, 9.17) is 9.66 Å². The van der Waals surface area contributed by atoms with Crippen LogP contribution in [0.5, 0.6) is 0 Å². The normalized spacial score (nSPS) is 13.8. The number of rotatable bonds is 7. The van der Waals surface area contributed by atoms with Gasteiger partial charge >= 0.3 is 11.6 Å². The topological polar surface area (TPSA) is 110 Å². The Morgan fingerprint density at radius 2 is 2.18 bits per heavy atom. The molecule has 0 aliphatic rings. The minimum absolute atomic E-state index is 0.0204. The quantitative estimate of drug-likeness (QED) is 0.381. The van der Waals surface area contributed by atoms with E-state index in [-0.39, 0.29) is 39.8 Å². The van der Waals surface area contributed by atoms with Gasteiger partial charge in [0, 0.05) is 27.6 Å². The second kappa shape index (κ2) is 9.67. The van der Waals surface area contributed by atoms with Crippen LogP contribution >= 0.6 is 35.6 Å². The minimum atomic E-state index is -3.65. The van der Waals surface area contributed by atoms with Gasteiger partial charge in [-0.1, -0.05) is 11.8 Å². The Morgan fingerprint density at radius 1 is 1.50 bits per heavy atom. The molecule has 12 heteroatoms. The van der Waals surface area contributed by atoms with Crippen molar-refractivity contribution in [2.45, 2.75) is 19.0 Å². The maximum atomic E-state index is 14.7. The smallest absolute Gasteiger partial charge is 0.349 e. The minimum Gasteiger partial charge on any atom is -0.478 e. The molecule has 0 fully saturated rings. The van der Waals surface area contributed by atoms with Crippen LogP contribution in [0.2, 0.25) is 0 Å². The first-order valence-electron chi connectivity index (χ1n) is 7.70. The molecule has 0 spiro atoms. The first-order chi connectivity index (χ1) is 13.1. The molecule has 4 N–H and O–H groups in total. The first kappa shape index (κ1) is 23.3. The fourth-order valence-electron chi connectivity index (χ4n) is 2.18. The van der Waals surface area contributed by atoms with Gasteiger partial charge in [0.2, 0.25) is 8.38 Å². The van der Waals surface area contributed by atoms with E-state index in [1.54, 1.807) is 0 Å². The zero-order valence-corrected chi connectivity index (χ0v) is 18.5. The van der Waals surface area contributed by atoms with Crippen molar-refractivity contribution in [1.29, 1.82) is 0 Å². The Balaban J connectivity index is 2.63. The van der Waals surface area contributed by atoms with E-state index < -0.39 is 35.9 Å². The van der Waals surface area contributed by atoms with Crippen molar-refractivity contribution in [3.8, 4) is 11.8 Å². The SMILES string of the molecule is CCOP(O)C(F)(F)c1sc2c(C#CCCS(N)=O)cc(C(=O)O)cc2c1Br. The summed E-state index contributed by atoms with van der Waals surface area (Å²) >= 11 is 3.80. The van der Waals surface area contributed by atoms with Crippen LogP contribution in [0.4, 0.5) is 8.78 Å². The molecule has 1 aromatic carbocycles. The van der Waals surface area contributed by atoms with Crippen LogP contribution in [0.25, 0.3) is 10.1 Å². The largest absolute Gasteiger partial charge is 0.478 e. The fraction of sp³-hybridized carbons (Fsp3) is 0.312. The molecular weight excluding hydrogens is 499 g/mol. The van der Waals surface area contributed by atoms with Gasteiger partial charge in [-0.25, -0.2) is 9.00 Å². The fourth-order valence-corrected chi connectivity index (χ4v) is 5.65. The summed E-state index contributed by atoms with van der Waals surface area (Å²) in [7, 11) is -4.58. The Hall–Kier alpha value is -0.990. The highest BCUT2D eigenvalue weighted by Crippen LogP contribution is 2.60. The van der Waals surface area contributed by atoms with E-state index in [9.17, 15) is 27.8 Å². The first-order valence-corrected chi connectivity index (χ1v) is 11.9. The molecule has 0 aliphatic carbocycles. The summed E-state index contributed by atoms with van der Waals surface area (Å²) in [5, 5.41) is 14.7. The summed E-state index contributed by atoms with van der Waals surface area (Å²) in [6.07, 6.45) is 0.198. The van der Waals surface area contributed by atoms with Crippen molar-refractivity contribution >= 4 is 62.7 Å². The zero-order valence-electron chi connectivity index (χ0n) is 14.4. The number of halogens is 3. The molecular formula is C16H15BrF2NO5PS2. The number of benzene rings is 1. The molecule has 2 unspecified atom stereocenters. The molecule has 1 aromatic heterocycles. The third kappa shape index (κ3) is 5.13. The molecule has 0 bridgehead atoms. The summed E-state index contributed by atoms with van der Waals surface area (Å²) in [6, 6.07) is 2.55. The lowest BCUT2D eigenvalue weighted by Gasteiger charge is -2.20. The molecule has 1 heterocycles. The molecule has 28 heavy (non-hydrogen) atoms. The van der Waals surface area contributed by atoms with Crippen LogP contribution in [0, 0.1) is 11.8 Å². The van der Waals surface area contributed by atoms with E-state index in [0.29, 0.717) is 16.0 Å². The van der Waals surface area contributed by atoms with Gasteiger partial charge < -0.3 is 14.5 Å². The molecule has 2 aromatic rings. The number of alkyl halides is 2. The average Bonchev–Trinajstić information content (AvgIpc) is 2.96. The molecule has 0 saturated heterocycles. The third-order valence-corrected chi connectivity index (χ3v) is 7.75. The maximum Gasteiger partial charge on any atom is 0.349 e. The summed E-state index contributed by atoms with van der Waals surface area (Å²) in [5.74, 6) is 4.35. The predicted molar refractivity (Wildman–Crippen MR) is 110 cm³/mol. The molecule has 2 atom stereocenters. The molecule has 6 nitrogen and oxygen atoms in total. The highest BCUT2D eigenvalue weighted by atomic mass is 79.9. The van der Waals surface area contributed by atoms with Crippen molar-refractivity contribution in [3.63, 3.8) is 0 Å². The number of hydrogen-bond acceptors (Lipinski definition) is 5. The van der Waals surface area contributed by atoms with Crippen LogP contribution in [-0.4, -0.2) is 32.5 Å². The summed E-state index contributed by atoms with van der Waals surface area (Å²) in [4.78, 5) is 20.7. The Labute approximate surface area is 175 Å². The van der Waals surface area contributed by atoms with Crippen molar-refractivity contribution in [2.24, 2.45) is 5.14 Å². The van der Waals surface area contributed by atoms with Crippen LogP contribution in [0.3, 0.4) is 0 Å². The third-order valence-electron chi connectivity index (χ3n) is 3.39. The predicted octanol–water partition coefficient (Wildman–Crippen LogP) is 4.12. The average molecular weight is 514 g/mol. The molecule has 0 aliphatic heterocycles. The number of nitrogens with two attached hydrogens (primary N) is 1. The molecule has 152 valence electrons. The summed E-state index contributed by atoms with van der Waals surface area (Å²) in [5.41, 5.74) is -3.54. The number of thiophene rings is 1. The highest BCUT2D eigenvalue weighted by molar-refractivity contribution is 9.10. The summed E-state index contributed by atoms with van der Waals surface area (Å²) in [6.45, 7) is 1.41. The Bertz CT molecular complexity index is 989. The van der Waals surface area contributed by atoms with Crippen molar-refractivity contribution in [1.82, 2.24) is 0 Å². The van der Waals surface area contributed by atoms with Gasteiger partial charge in [0.1, 0.15) is 0 Å². The second-order valence-corrected chi connectivity index (χ2v) is 9.67. The van der Waals surface area contributed by atoms with Gasteiger partial charge in [-0.05, 0) is 35.0 Å². The number of carbonyl (C=O) groups is 1. The van der Waals surface area contributed by atoms with Gasteiger partial charge in [0.15, 0.2) is 0 Å². The van der Waals surface area contributed by atoms with E-state index >= 15 is 0 Å². The molecule has 0 radical (unpaired) electrons. The van der Waals surface area contributed by atoms with E-state index in [1.807, 2.05) is 0 Å². The lowest BCUT2D eigenvalue weighted by Crippen LogP contribution is -2.11. The van der Waals surface area contributed by atoms with Gasteiger partial charge in [0.25, 0.3) is 0 Å². The number of hydrogen-bond donors (Lipinski definition) is 3. The van der Waals surface area contributed by atoms with Crippen molar-refractivity contribution in [3.05, 3.63) is 32.6 Å². The van der Waals surface area contributed by atoms with Crippen LogP contribution in [-0.2, 0) is 21.2 Å². The van der Waals surface area contributed by atoms with Crippen molar-refractivity contribution < 1.29 is 32.3 Å². The lowest BCUT2D eigenvalue weighted by molar-refractivity contribution is 0.0686. The van der Waals surface area contributed by atoms with E-state index in [0.717, 1.165) is 0 Å². The monoisotopic (exact) mass is 513 g/mol. The Morgan fingerprint density at radius 3 is 2.75 bits per heavy atom. The zero-order chi connectivity index (χ0) is 21.1. The van der Waals surface area contributed by atoms with E-state index in [2.05, 4.69) is 27.8 Å². The standard InChI is InChI=1S/C16H15BrF2NO5PS2/c1-2-25-26(23)16(18,19)14-12(17)11-8-10(15(21)22)7-9(13(11)27-14)5-3-4-6-28(20)24/h7-8,23H,2,4,6,20H2,1H3,(H,21,22). The van der Waals surface area contributed by atoms with E-state index in [1.165, 1.54) is 19.1 Å². The van der Waals surface area contributed by atoms with Gasteiger partial charge in [0.05, 0.1) is 32.7 Å². The number of fused-ring (bicyclic) bond motifs is 1.